The molecule has 0 radical (unpaired) electrons. The SMILES string of the molecule is COc1cccc(CCN2C(=O)CCc3c(C)nc(CN(C)C(=O)c4ccccc4)nc32)c1. The van der Waals surface area contributed by atoms with E-state index in [0.717, 1.165) is 22.6 Å². The van der Waals surface area contributed by atoms with E-state index in [0.29, 0.717) is 43.0 Å². The molecule has 1 aliphatic rings. The Morgan fingerprint density at radius 3 is 2.64 bits per heavy atom. The van der Waals surface area contributed by atoms with E-state index in [1.807, 2.05) is 49.4 Å². The van der Waals surface area contributed by atoms with Crippen LogP contribution in [0.4, 0.5) is 5.82 Å². The van der Waals surface area contributed by atoms with E-state index in [9.17, 15) is 9.59 Å². The summed E-state index contributed by atoms with van der Waals surface area (Å²) >= 11 is 0. The van der Waals surface area contributed by atoms with Crippen molar-refractivity contribution in [2.45, 2.75) is 32.7 Å². The standard InChI is InChI=1S/C26H28N4O3/c1-18-22-12-13-24(31)30(15-14-19-8-7-11-21(16-19)33-3)25(22)28-23(27-18)17-29(2)26(32)20-9-5-4-6-10-20/h4-11,16H,12-15,17H2,1-3H3. The van der Waals surface area contributed by atoms with Crippen molar-refractivity contribution in [2.75, 3.05) is 25.6 Å². The third-order valence-electron chi connectivity index (χ3n) is 5.89. The molecule has 1 aromatic heterocycles. The summed E-state index contributed by atoms with van der Waals surface area (Å²) in [6.07, 6.45) is 1.77. The smallest absolute Gasteiger partial charge is 0.254 e. The molecule has 1 aliphatic heterocycles. The number of rotatable bonds is 7. The van der Waals surface area contributed by atoms with E-state index < -0.39 is 0 Å². The number of carbonyl (C=O) groups excluding carboxylic acids is 2. The van der Waals surface area contributed by atoms with Crippen LogP contribution in [0, 0.1) is 6.92 Å². The van der Waals surface area contributed by atoms with Gasteiger partial charge in [0.05, 0.1) is 13.7 Å². The van der Waals surface area contributed by atoms with E-state index in [4.69, 9.17) is 9.72 Å². The van der Waals surface area contributed by atoms with Crippen LogP contribution in [0.3, 0.4) is 0 Å². The fourth-order valence-electron chi connectivity index (χ4n) is 4.09. The normalized spacial score (nSPS) is 12.9. The molecule has 0 saturated carbocycles. The predicted octanol–water partition coefficient (Wildman–Crippen LogP) is 3.59. The first-order valence-electron chi connectivity index (χ1n) is 11.1. The molecule has 0 N–H and O–H groups in total. The number of hydrogen-bond donors (Lipinski definition) is 0. The van der Waals surface area contributed by atoms with Crippen LogP contribution in [0.1, 0.15) is 39.4 Å². The Bertz CT molecular complexity index is 1160. The molecule has 0 unspecified atom stereocenters. The topological polar surface area (TPSA) is 75.6 Å². The second-order valence-corrected chi connectivity index (χ2v) is 8.20. The first kappa shape index (κ1) is 22.5. The number of benzene rings is 2. The minimum absolute atomic E-state index is 0.0585. The van der Waals surface area contributed by atoms with Crippen LogP contribution >= 0.6 is 0 Å². The van der Waals surface area contributed by atoms with E-state index in [1.54, 1.807) is 36.1 Å². The van der Waals surface area contributed by atoms with Crippen molar-refractivity contribution in [3.8, 4) is 5.75 Å². The van der Waals surface area contributed by atoms with Gasteiger partial charge >= 0.3 is 0 Å². The van der Waals surface area contributed by atoms with Crippen molar-refractivity contribution in [2.24, 2.45) is 0 Å². The zero-order chi connectivity index (χ0) is 23.4. The van der Waals surface area contributed by atoms with Crippen LogP contribution < -0.4 is 9.64 Å². The van der Waals surface area contributed by atoms with Crippen LogP contribution in [0.5, 0.6) is 5.75 Å². The first-order valence-corrected chi connectivity index (χ1v) is 11.1. The number of fused-ring (bicyclic) bond motifs is 1. The average Bonchev–Trinajstić information content (AvgIpc) is 2.83. The van der Waals surface area contributed by atoms with Crippen LogP contribution in [0.2, 0.25) is 0 Å². The van der Waals surface area contributed by atoms with E-state index in [1.165, 1.54) is 0 Å². The summed E-state index contributed by atoms with van der Waals surface area (Å²) in [5.74, 6) is 1.95. The molecule has 2 heterocycles. The summed E-state index contributed by atoms with van der Waals surface area (Å²) in [6.45, 7) is 2.73. The number of methoxy groups -OCH3 is 1. The lowest BCUT2D eigenvalue weighted by atomic mass is 10.0. The largest absolute Gasteiger partial charge is 0.497 e. The number of carbonyl (C=O) groups is 2. The molecule has 0 fully saturated rings. The fourth-order valence-corrected chi connectivity index (χ4v) is 4.09. The lowest BCUT2D eigenvalue weighted by Crippen LogP contribution is -2.38. The molecule has 170 valence electrons. The van der Waals surface area contributed by atoms with Gasteiger partial charge < -0.3 is 9.64 Å². The number of hydrogen-bond acceptors (Lipinski definition) is 5. The van der Waals surface area contributed by atoms with Gasteiger partial charge in [-0.2, -0.15) is 0 Å². The Kier molecular flexibility index (Phi) is 6.68. The lowest BCUT2D eigenvalue weighted by molar-refractivity contribution is -0.118. The molecule has 3 aromatic rings. The third kappa shape index (κ3) is 5.03. The van der Waals surface area contributed by atoms with E-state index in [2.05, 4.69) is 4.98 Å². The quantitative estimate of drug-likeness (QED) is 0.557. The van der Waals surface area contributed by atoms with Crippen molar-refractivity contribution in [1.82, 2.24) is 14.9 Å². The Hall–Kier alpha value is -3.74. The fraction of sp³-hybridized carbons (Fsp3) is 0.308. The predicted molar refractivity (Wildman–Crippen MR) is 126 cm³/mol. The summed E-state index contributed by atoms with van der Waals surface area (Å²) < 4.78 is 5.31. The van der Waals surface area contributed by atoms with Crippen molar-refractivity contribution >= 4 is 17.6 Å². The molecule has 33 heavy (non-hydrogen) atoms. The van der Waals surface area contributed by atoms with Gasteiger partial charge in [-0.05, 0) is 49.6 Å². The van der Waals surface area contributed by atoms with Crippen molar-refractivity contribution < 1.29 is 14.3 Å². The number of aryl methyl sites for hydroxylation is 1. The minimum Gasteiger partial charge on any atom is -0.497 e. The maximum atomic E-state index is 12.8. The number of amides is 2. The average molecular weight is 445 g/mol. The van der Waals surface area contributed by atoms with Gasteiger partial charge in [0.2, 0.25) is 5.91 Å². The molecule has 0 spiro atoms. The molecular formula is C26H28N4O3. The maximum absolute atomic E-state index is 12.8. The molecule has 7 heteroatoms. The highest BCUT2D eigenvalue weighted by Crippen LogP contribution is 2.28. The highest BCUT2D eigenvalue weighted by Gasteiger charge is 2.28. The second-order valence-electron chi connectivity index (χ2n) is 8.20. The molecule has 4 rings (SSSR count). The molecular weight excluding hydrogens is 416 g/mol. The summed E-state index contributed by atoms with van der Waals surface area (Å²) in [7, 11) is 3.38. The number of anilines is 1. The summed E-state index contributed by atoms with van der Waals surface area (Å²) in [6, 6.07) is 17.0. The Morgan fingerprint density at radius 1 is 1.09 bits per heavy atom. The van der Waals surface area contributed by atoms with Gasteiger partial charge in [0.25, 0.3) is 5.91 Å². The molecule has 0 aliphatic carbocycles. The highest BCUT2D eigenvalue weighted by atomic mass is 16.5. The zero-order valence-corrected chi connectivity index (χ0v) is 19.2. The van der Waals surface area contributed by atoms with Crippen molar-refractivity contribution in [3.63, 3.8) is 0 Å². The number of nitrogens with zero attached hydrogens (tertiary/aromatic N) is 4. The zero-order valence-electron chi connectivity index (χ0n) is 19.2. The van der Waals surface area contributed by atoms with Gasteiger partial charge in [0, 0.05) is 36.8 Å². The first-order chi connectivity index (χ1) is 16.0. The number of aromatic nitrogens is 2. The summed E-state index contributed by atoms with van der Waals surface area (Å²) in [5, 5.41) is 0. The van der Waals surface area contributed by atoms with Crippen LogP contribution in [-0.2, 0) is 24.2 Å². The highest BCUT2D eigenvalue weighted by molar-refractivity contribution is 5.95. The van der Waals surface area contributed by atoms with Gasteiger partial charge in [0.15, 0.2) is 0 Å². The van der Waals surface area contributed by atoms with E-state index in [-0.39, 0.29) is 18.4 Å². The molecule has 7 nitrogen and oxygen atoms in total. The molecule has 2 amide bonds. The maximum Gasteiger partial charge on any atom is 0.254 e. The van der Waals surface area contributed by atoms with Crippen LogP contribution in [0.25, 0.3) is 0 Å². The van der Waals surface area contributed by atoms with Gasteiger partial charge in [-0.1, -0.05) is 30.3 Å². The van der Waals surface area contributed by atoms with Gasteiger partial charge in [-0.15, -0.1) is 0 Å². The minimum atomic E-state index is -0.0967. The van der Waals surface area contributed by atoms with Crippen molar-refractivity contribution in [3.05, 3.63) is 82.8 Å². The number of ether oxygens (including phenoxy) is 1. The third-order valence-corrected chi connectivity index (χ3v) is 5.89. The van der Waals surface area contributed by atoms with E-state index >= 15 is 0 Å². The van der Waals surface area contributed by atoms with Crippen molar-refractivity contribution in [1.29, 1.82) is 0 Å². The van der Waals surface area contributed by atoms with Crippen LogP contribution in [0.15, 0.2) is 54.6 Å². The molecule has 0 atom stereocenters. The Labute approximate surface area is 194 Å². The monoisotopic (exact) mass is 444 g/mol. The molecule has 0 bridgehead atoms. The Balaban J connectivity index is 1.55. The van der Waals surface area contributed by atoms with Crippen LogP contribution in [-0.4, -0.2) is 47.4 Å². The Morgan fingerprint density at radius 2 is 1.88 bits per heavy atom. The van der Waals surface area contributed by atoms with Gasteiger partial charge in [-0.3, -0.25) is 14.5 Å². The second kappa shape index (κ2) is 9.81. The lowest BCUT2D eigenvalue weighted by Gasteiger charge is -2.30. The molecule has 0 saturated heterocycles. The van der Waals surface area contributed by atoms with Gasteiger partial charge in [-0.25, -0.2) is 9.97 Å². The molecule has 2 aromatic carbocycles. The van der Waals surface area contributed by atoms with Gasteiger partial charge in [0.1, 0.15) is 17.4 Å². The summed E-state index contributed by atoms with van der Waals surface area (Å²) in [4.78, 5) is 38.3. The summed E-state index contributed by atoms with van der Waals surface area (Å²) in [5.41, 5.74) is 3.56.